The standard InChI is InChI=1S/C13H23NS/c1-3-4-5-6-7-8-14-9-13-11-15-10-12(13)2/h10-11,14H,3-9H2,1-2H3. The SMILES string of the molecule is CCCCCCCNCc1cscc1C. The van der Waals surface area contributed by atoms with E-state index in [-0.39, 0.29) is 0 Å². The van der Waals surface area contributed by atoms with Crippen molar-refractivity contribution in [3.8, 4) is 0 Å². The summed E-state index contributed by atoms with van der Waals surface area (Å²) in [5.74, 6) is 0. The molecule has 0 aromatic carbocycles. The van der Waals surface area contributed by atoms with Crippen molar-refractivity contribution in [3.05, 3.63) is 21.9 Å². The lowest BCUT2D eigenvalue weighted by atomic mass is 10.1. The normalized spacial score (nSPS) is 10.8. The molecule has 0 aliphatic rings. The maximum Gasteiger partial charge on any atom is 0.0216 e. The topological polar surface area (TPSA) is 12.0 Å². The van der Waals surface area contributed by atoms with Crippen LogP contribution in [-0.4, -0.2) is 6.54 Å². The zero-order chi connectivity index (χ0) is 10.9. The van der Waals surface area contributed by atoms with Crippen molar-refractivity contribution >= 4 is 11.3 Å². The Morgan fingerprint density at radius 3 is 2.60 bits per heavy atom. The average Bonchev–Trinajstić information content (AvgIpc) is 2.63. The molecule has 2 heteroatoms. The first-order chi connectivity index (χ1) is 7.34. The number of hydrogen-bond donors (Lipinski definition) is 1. The molecule has 0 amide bonds. The van der Waals surface area contributed by atoms with Crippen LogP contribution in [0.5, 0.6) is 0 Å². The highest BCUT2D eigenvalue weighted by atomic mass is 32.1. The minimum Gasteiger partial charge on any atom is -0.313 e. The van der Waals surface area contributed by atoms with Crippen LogP contribution in [0.1, 0.15) is 50.2 Å². The minimum absolute atomic E-state index is 1.04. The lowest BCUT2D eigenvalue weighted by Gasteiger charge is -2.04. The predicted molar refractivity (Wildman–Crippen MR) is 69.5 cm³/mol. The third-order valence-corrected chi connectivity index (χ3v) is 3.64. The highest BCUT2D eigenvalue weighted by molar-refractivity contribution is 7.08. The van der Waals surface area contributed by atoms with Gasteiger partial charge in [0, 0.05) is 6.54 Å². The van der Waals surface area contributed by atoms with Crippen molar-refractivity contribution < 1.29 is 0 Å². The van der Waals surface area contributed by atoms with E-state index in [0.29, 0.717) is 0 Å². The van der Waals surface area contributed by atoms with Gasteiger partial charge < -0.3 is 5.32 Å². The smallest absolute Gasteiger partial charge is 0.0216 e. The van der Waals surface area contributed by atoms with Crippen molar-refractivity contribution in [2.24, 2.45) is 0 Å². The first-order valence-corrected chi connectivity index (χ1v) is 7.01. The van der Waals surface area contributed by atoms with Gasteiger partial charge in [0.25, 0.3) is 0 Å². The summed E-state index contributed by atoms with van der Waals surface area (Å²) in [6.07, 6.45) is 6.83. The number of rotatable bonds is 8. The number of aryl methyl sites for hydroxylation is 1. The quantitative estimate of drug-likeness (QED) is 0.656. The van der Waals surface area contributed by atoms with Gasteiger partial charge in [0.05, 0.1) is 0 Å². The second kappa shape index (κ2) is 7.89. The monoisotopic (exact) mass is 225 g/mol. The van der Waals surface area contributed by atoms with Gasteiger partial charge in [-0.2, -0.15) is 11.3 Å². The molecule has 0 atom stereocenters. The van der Waals surface area contributed by atoms with Gasteiger partial charge in [-0.3, -0.25) is 0 Å². The third-order valence-electron chi connectivity index (χ3n) is 2.73. The molecular weight excluding hydrogens is 202 g/mol. The Kier molecular flexibility index (Phi) is 6.69. The summed E-state index contributed by atoms with van der Waals surface area (Å²) in [5, 5.41) is 7.98. The summed E-state index contributed by atoms with van der Waals surface area (Å²) in [6.45, 7) is 6.66. The molecule has 86 valence electrons. The second-order valence-electron chi connectivity index (χ2n) is 4.17. The summed E-state index contributed by atoms with van der Waals surface area (Å²) >= 11 is 1.80. The van der Waals surface area contributed by atoms with Crippen LogP contribution in [0, 0.1) is 6.92 Å². The summed E-state index contributed by atoms with van der Waals surface area (Å²) in [6, 6.07) is 0. The van der Waals surface area contributed by atoms with E-state index in [1.54, 1.807) is 11.3 Å². The molecule has 0 saturated heterocycles. The average molecular weight is 225 g/mol. The van der Waals surface area contributed by atoms with E-state index in [2.05, 4.69) is 29.9 Å². The number of unbranched alkanes of at least 4 members (excludes halogenated alkanes) is 4. The van der Waals surface area contributed by atoms with Crippen LogP contribution in [0.25, 0.3) is 0 Å². The lowest BCUT2D eigenvalue weighted by molar-refractivity contribution is 0.583. The van der Waals surface area contributed by atoms with Crippen molar-refractivity contribution in [3.63, 3.8) is 0 Å². The molecule has 0 aliphatic carbocycles. The van der Waals surface area contributed by atoms with Crippen LogP contribution >= 0.6 is 11.3 Å². The van der Waals surface area contributed by atoms with Gasteiger partial charge >= 0.3 is 0 Å². The summed E-state index contributed by atoms with van der Waals surface area (Å²) in [5.41, 5.74) is 2.90. The van der Waals surface area contributed by atoms with Crippen LogP contribution in [0.4, 0.5) is 0 Å². The number of thiophene rings is 1. The molecule has 0 bridgehead atoms. The van der Waals surface area contributed by atoms with Crippen LogP contribution < -0.4 is 5.32 Å². The molecule has 1 heterocycles. The van der Waals surface area contributed by atoms with E-state index >= 15 is 0 Å². The fourth-order valence-corrected chi connectivity index (χ4v) is 2.50. The van der Waals surface area contributed by atoms with Gasteiger partial charge in [0.2, 0.25) is 0 Å². The fourth-order valence-electron chi connectivity index (χ4n) is 1.64. The number of hydrogen-bond acceptors (Lipinski definition) is 2. The third kappa shape index (κ3) is 5.33. The maximum absolute atomic E-state index is 3.51. The zero-order valence-electron chi connectivity index (χ0n) is 10.0. The van der Waals surface area contributed by atoms with E-state index in [0.717, 1.165) is 6.54 Å². The van der Waals surface area contributed by atoms with Crippen molar-refractivity contribution in [2.75, 3.05) is 6.54 Å². The molecule has 0 saturated carbocycles. The molecule has 0 unspecified atom stereocenters. The van der Waals surface area contributed by atoms with E-state index in [1.165, 1.54) is 49.8 Å². The molecule has 0 radical (unpaired) electrons. The molecule has 0 aliphatic heterocycles. The van der Waals surface area contributed by atoms with E-state index in [4.69, 9.17) is 0 Å². The minimum atomic E-state index is 1.04. The van der Waals surface area contributed by atoms with Gasteiger partial charge in [0.15, 0.2) is 0 Å². The Bertz CT molecular complexity index is 255. The van der Waals surface area contributed by atoms with Crippen LogP contribution in [-0.2, 0) is 6.54 Å². The largest absolute Gasteiger partial charge is 0.313 e. The molecular formula is C13H23NS. The highest BCUT2D eigenvalue weighted by Crippen LogP contribution is 2.12. The van der Waals surface area contributed by atoms with Crippen molar-refractivity contribution in [1.82, 2.24) is 5.32 Å². The van der Waals surface area contributed by atoms with Crippen molar-refractivity contribution in [1.29, 1.82) is 0 Å². The summed E-state index contributed by atoms with van der Waals surface area (Å²) in [4.78, 5) is 0. The maximum atomic E-state index is 3.51. The molecule has 1 nitrogen and oxygen atoms in total. The lowest BCUT2D eigenvalue weighted by Crippen LogP contribution is -2.14. The molecule has 1 aromatic rings. The summed E-state index contributed by atoms with van der Waals surface area (Å²) < 4.78 is 0. The van der Waals surface area contributed by atoms with Gasteiger partial charge in [-0.15, -0.1) is 0 Å². The van der Waals surface area contributed by atoms with Crippen LogP contribution in [0.2, 0.25) is 0 Å². The molecule has 1 aromatic heterocycles. The highest BCUT2D eigenvalue weighted by Gasteiger charge is 1.97. The van der Waals surface area contributed by atoms with Gasteiger partial charge in [-0.25, -0.2) is 0 Å². The Morgan fingerprint density at radius 1 is 1.13 bits per heavy atom. The molecule has 1 rings (SSSR count). The second-order valence-corrected chi connectivity index (χ2v) is 4.91. The van der Waals surface area contributed by atoms with Crippen molar-refractivity contribution in [2.45, 2.75) is 52.5 Å². The molecule has 15 heavy (non-hydrogen) atoms. The molecule has 0 fully saturated rings. The van der Waals surface area contributed by atoms with Crippen LogP contribution in [0.3, 0.4) is 0 Å². The van der Waals surface area contributed by atoms with Gasteiger partial charge in [0.1, 0.15) is 0 Å². The Balaban J connectivity index is 1.96. The predicted octanol–water partition coefficient (Wildman–Crippen LogP) is 4.12. The van der Waals surface area contributed by atoms with E-state index < -0.39 is 0 Å². The molecule has 0 spiro atoms. The summed E-state index contributed by atoms with van der Waals surface area (Å²) in [7, 11) is 0. The Labute approximate surface area is 97.9 Å². The zero-order valence-corrected chi connectivity index (χ0v) is 10.8. The van der Waals surface area contributed by atoms with E-state index in [1.807, 2.05) is 0 Å². The molecule has 1 N–H and O–H groups in total. The fraction of sp³-hybridized carbons (Fsp3) is 0.692. The van der Waals surface area contributed by atoms with Gasteiger partial charge in [-0.1, -0.05) is 32.6 Å². The van der Waals surface area contributed by atoms with Gasteiger partial charge in [-0.05, 0) is 41.8 Å². The Hall–Kier alpha value is -0.340. The number of nitrogens with one attached hydrogen (secondary N) is 1. The van der Waals surface area contributed by atoms with Crippen LogP contribution in [0.15, 0.2) is 10.8 Å². The first kappa shape index (κ1) is 12.7. The first-order valence-electron chi connectivity index (χ1n) is 6.07. The Morgan fingerprint density at radius 2 is 1.93 bits per heavy atom. The van der Waals surface area contributed by atoms with E-state index in [9.17, 15) is 0 Å².